The van der Waals surface area contributed by atoms with E-state index < -0.39 is 0 Å². The highest BCUT2D eigenvalue weighted by atomic mass is 79.9. The Bertz CT molecular complexity index is 1020. The van der Waals surface area contributed by atoms with Crippen molar-refractivity contribution in [1.82, 2.24) is 14.9 Å². The first kappa shape index (κ1) is 20.9. The van der Waals surface area contributed by atoms with Crippen molar-refractivity contribution in [2.24, 2.45) is 0 Å². The second-order valence-electron chi connectivity index (χ2n) is 6.47. The van der Waals surface area contributed by atoms with Crippen LogP contribution in [0.4, 0.5) is 17.2 Å². The largest absolute Gasteiger partial charge is 0.395 e. The number of likely N-dealkylation sites (N-methyl/N-ethyl adjacent to an activating group) is 1. The van der Waals surface area contributed by atoms with Crippen molar-refractivity contribution in [1.29, 1.82) is 0 Å². The number of nitrogens with one attached hydrogen (secondary N) is 2. The molecule has 2 aromatic carbocycles. The van der Waals surface area contributed by atoms with Crippen LogP contribution in [0.5, 0.6) is 0 Å². The van der Waals surface area contributed by atoms with Gasteiger partial charge < -0.3 is 20.6 Å². The highest BCUT2D eigenvalue weighted by Crippen LogP contribution is 2.26. The van der Waals surface area contributed by atoms with Gasteiger partial charge in [-0.1, -0.05) is 28.1 Å². The molecule has 3 N–H and O–H groups in total. The second kappa shape index (κ2) is 10.1. The third-order valence-electron chi connectivity index (χ3n) is 4.16. The summed E-state index contributed by atoms with van der Waals surface area (Å²) in [5, 5.41) is 15.8. The minimum Gasteiger partial charge on any atom is -0.395 e. The van der Waals surface area contributed by atoms with E-state index in [2.05, 4.69) is 36.5 Å². The molecule has 29 heavy (non-hydrogen) atoms. The number of aliphatic hydroxyl groups excluding tert-OH is 1. The molecular weight excluding hydrogens is 434 g/mol. The van der Waals surface area contributed by atoms with Gasteiger partial charge >= 0.3 is 0 Å². The summed E-state index contributed by atoms with van der Waals surface area (Å²) in [7, 11) is 1.88. The fraction of sp³-hybridized carbons (Fsp3) is 0.190. The van der Waals surface area contributed by atoms with Gasteiger partial charge in [0.05, 0.1) is 12.1 Å². The van der Waals surface area contributed by atoms with Gasteiger partial charge in [-0.15, -0.1) is 0 Å². The highest BCUT2D eigenvalue weighted by Gasteiger charge is 2.07. The Kier molecular flexibility index (Phi) is 7.29. The number of fused-ring (bicyclic) bond motifs is 1. The van der Waals surface area contributed by atoms with Crippen molar-refractivity contribution >= 4 is 49.9 Å². The average molecular weight is 456 g/mol. The van der Waals surface area contributed by atoms with Crippen LogP contribution in [0.3, 0.4) is 0 Å². The van der Waals surface area contributed by atoms with Crippen LogP contribution >= 0.6 is 15.9 Å². The lowest BCUT2D eigenvalue weighted by Crippen LogP contribution is -2.22. The van der Waals surface area contributed by atoms with Gasteiger partial charge in [0.1, 0.15) is 12.1 Å². The smallest absolute Gasteiger partial charge is 0.248 e. The highest BCUT2D eigenvalue weighted by molar-refractivity contribution is 9.10. The number of anilines is 3. The lowest BCUT2D eigenvalue weighted by Gasteiger charge is -2.11. The van der Waals surface area contributed by atoms with Gasteiger partial charge in [0.25, 0.3) is 0 Å². The van der Waals surface area contributed by atoms with Crippen molar-refractivity contribution in [3.05, 3.63) is 65.4 Å². The van der Waals surface area contributed by atoms with Crippen molar-refractivity contribution in [2.45, 2.75) is 0 Å². The van der Waals surface area contributed by atoms with Gasteiger partial charge in [-0.3, -0.25) is 4.79 Å². The number of carbonyl (C=O) groups is 1. The summed E-state index contributed by atoms with van der Waals surface area (Å²) in [6.07, 6.45) is 4.75. The van der Waals surface area contributed by atoms with E-state index in [-0.39, 0.29) is 12.5 Å². The molecule has 8 heteroatoms. The van der Waals surface area contributed by atoms with Crippen LogP contribution in [0, 0.1) is 0 Å². The zero-order chi connectivity index (χ0) is 20.6. The third-order valence-corrected chi connectivity index (χ3v) is 4.65. The van der Waals surface area contributed by atoms with E-state index in [1.807, 2.05) is 54.4 Å². The normalized spacial score (nSPS) is 11.3. The number of aliphatic hydroxyl groups is 1. The number of carbonyl (C=O) groups excluding carboxylic acids is 1. The number of rotatable bonds is 8. The van der Waals surface area contributed by atoms with E-state index in [0.717, 1.165) is 21.1 Å². The molecule has 0 aliphatic rings. The fourth-order valence-corrected chi connectivity index (χ4v) is 3.12. The summed E-state index contributed by atoms with van der Waals surface area (Å²) < 4.78 is 0.963. The molecule has 0 saturated heterocycles. The van der Waals surface area contributed by atoms with Crippen molar-refractivity contribution < 1.29 is 9.90 Å². The number of halogens is 1. The molecule has 0 bridgehead atoms. The van der Waals surface area contributed by atoms with E-state index in [1.54, 1.807) is 6.08 Å². The van der Waals surface area contributed by atoms with Gasteiger partial charge in [-0.05, 0) is 43.4 Å². The minimum atomic E-state index is -0.222. The van der Waals surface area contributed by atoms with Crippen molar-refractivity contribution in [2.75, 3.05) is 37.4 Å². The first-order chi connectivity index (χ1) is 14.0. The first-order valence-corrected chi connectivity index (χ1v) is 9.89. The number of hydrogen-bond donors (Lipinski definition) is 3. The number of benzene rings is 2. The summed E-state index contributed by atoms with van der Waals surface area (Å²) in [6.45, 7) is 1.23. The lowest BCUT2D eigenvalue weighted by molar-refractivity contribution is -0.111. The van der Waals surface area contributed by atoms with E-state index in [1.165, 1.54) is 12.4 Å². The maximum atomic E-state index is 12.2. The van der Waals surface area contributed by atoms with E-state index >= 15 is 0 Å². The molecule has 0 spiro atoms. The van der Waals surface area contributed by atoms with Gasteiger partial charge in [0.2, 0.25) is 5.91 Å². The second-order valence-corrected chi connectivity index (χ2v) is 7.38. The number of nitrogens with zero attached hydrogens (tertiary/aromatic N) is 3. The SMILES string of the molecule is CN(CC=CC(=O)Nc1ccc2ncnc(Nc3cccc(Br)c3)c2c1)CCO. The van der Waals surface area contributed by atoms with Crippen LogP contribution < -0.4 is 10.6 Å². The summed E-state index contributed by atoms with van der Waals surface area (Å²) in [6, 6.07) is 13.3. The molecule has 7 nitrogen and oxygen atoms in total. The average Bonchev–Trinajstić information content (AvgIpc) is 2.69. The molecule has 0 aliphatic heterocycles. The van der Waals surface area contributed by atoms with Gasteiger partial charge in [0, 0.05) is 40.4 Å². The monoisotopic (exact) mass is 455 g/mol. The Hall–Kier alpha value is -2.81. The number of hydrogen-bond acceptors (Lipinski definition) is 6. The van der Waals surface area contributed by atoms with Crippen LogP contribution in [0.2, 0.25) is 0 Å². The molecule has 0 saturated carbocycles. The summed E-state index contributed by atoms with van der Waals surface area (Å²) in [5.74, 6) is 0.436. The van der Waals surface area contributed by atoms with E-state index in [4.69, 9.17) is 5.11 Å². The molecule has 3 rings (SSSR count). The Morgan fingerprint density at radius 3 is 2.86 bits per heavy atom. The van der Waals surface area contributed by atoms with Crippen LogP contribution in [0.25, 0.3) is 10.9 Å². The summed E-state index contributed by atoms with van der Waals surface area (Å²) in [4.78, 5) is 22.7. The maximum absolute atomic E-state index is 12.2. The zero-order valence-corrected chi connectivity index (χ0v) is 17.6. The predicted molar refractivity (Wildman–Crippen MR) is 119 cm³/mol. The number of aromatic nitrogens is 2. The lowest BCUT2D eigenvalue weighted by atomic mass is 10.2. The molecule has 150 valence electrons. The van der Waals surface area contributed by atoms with Gasteiger partial charge in [0.15, 0.2) is 0 Å². The molecular formula is C21H22BrN5O2. The Morgan fingerprint density at radius 1 is 1.21 bits per heavy atom. The minimum absolute atomic E-state index is 0.0893. The topological polar surface area (TPSA) is 90.4 Å². The molecule has 0 radical (unpaired) electrons. The standard InChI is InChI=1S/C21H22BrN5O2/c1-27(10-11-28)9-3-6-20(29)25-17-7-8-19-18(13-17)21(24-14-23-19)26-16-5-2-4-15(22)12-16/h2-8,12-14,28H,9-11H2,1H3,(H,25,29)(H,23,24,26). The van der Waals surface area contributed by atoms with Gasteiger partial charge in [-0.2, -0.15) is 0 Å². The molecule has 3 aromatic rings. The van der Waals surface area contributed by atoms with Crippen molar-refractivity contribution in [3.8, 4) is 0 Å². The maximum Gasteiger partial charge on any atom is 0.248 e. The number of amides is 1. The van der Waals surface area contributed by atoms with E-state index in [9.17, 15) is 4.79 Å². The first-order valence-electron chi connectivity index (χ1n) is 9.09. The van der Waals surface area contributed by atoms with Gasteiger partial charge in [-0.25, -0.2) is 9.97 Å². The van der Waals surface area contributed by atoms with Crippen molar-refractivity contribution in [3.63, 3.8) is 0 Å². The quantitative estimate of drug-likeness (QED) is 0.450. The van der Waals surface area contributed by atoms with Crippen LogP contribution in [-0.4, -0.2) is 52.6 Å². The van der Waals surface area contributed by atoms with Crippen LogP contribution in [0.1, 0.15) is 0 Å². The molecule has 1 heterocycles. The molecule has 0 fully saturated rings. The predicted octanol–water partition coefficient (Wildman–Crippen LogP) is 3.55. The molecule has 0 unspecified atom stereocenters. The van der Waals surface area contributed by atoms with Crippen LogP contribution in [0.15, 0.2) is 65.4 Å². The Labute approximate surface area is 177 Å². The zero-order valence-electron chi connectivity index (χ0n) is 16.0. The van der Waals surface area contributed by atoms with Crippen LogP contribution in [-0.2, 0) is 4.79 Å². The molecule has 1 aromatic heterocycles. The molecule has 1 amide bonds. The molecule has 0 atom stereocenters. The fourth-order valence-electron chi connectivity index (χ4n) is 2.72. The summed E-state index contributed by atoms with van der Waals surface area (Å²) >= 11 is 3.46. The summed E-state index contributed by atoms with van der Waals surface area (Å²) in [5.41, 5.74) is 2.32. The third kappa shape index (κ3) is 6.08. The molecule has 0 aliphatic carbocycles. The Morgan fingerprint density at radius 2 is 2.07 bits per heavy atom. The Balaban J connectivity index is 1.75. The van der Waals surface area contributed by atoms with E-state index in [0.29, 0.717) is 24.6 Å².